The van der Waals surface area contributed by atoms with Gasteiger partial charge in [-0.2, -0.15) is 0 Å². The Bertz CT molecular complexity index is 1690. The summed E-state index contributed by atoms with van der Waals surface area (Å²) in [5, 5.41) is 2.12. The third kappa shape index (κ3) is 4.27. The van der Waals surface area contributed by atoms with E-state index < -0.39 is 12.2 Å². The molecule has 0 aliphatic carbocycles. The van der Waals surface area contributed by atoms with E-state index in [0.717, 1.165) is 43.9 Å². The Balaban J connectivity index is 1.15. The summed E-state index contributed by atoms with van der Waals surface area (Å²) >= 11 is 0. The summed E-state index contributed by atoms with van der Waals surface area (Å²) < 4.78 is 10.4. The number of imidazole rings is 2. The van der Waals surface area contributed by atoms with Gasteiger partial charge in [0.05, 0.1) is 47.1 Å². The number of aromatic nitrogens is 6. The van der Waals surface area contributed by atoms with Crippen molar-refractivity contribution in [3.8, 4) is 24.7 Å². The number of pyridine rings is 2. The molecule has 0 bridgehead atoms. The Labute approximate surface area is 214 Å². The van der Waals surface area contributed by atoms with Gasteiger partial charge in [0.25, 0.3) is 0 Å². The Kier molecular flexibility index (Phi) is 5.98. The Morgan fingerprint density at radius 2 is 1.11 bits per heavy atom. The first kappa shape index (κ1) is 22.7. The minimum absolute atomic E-state index is 0.420. The van der Waals surface area contributed by atoms with Crippen molar-refractivity contribution in [3.63, 3.8) is 0 Å². The molecule has 6 aromatic rings. The number of nitrogens with zero attached hydrogens (tertiary/aromatic N) is 6. The molecule has 0 spiro atoms. The molecule has 0 amide bonds. The maximum absolute atomic E-state index is 6.18. The van der Waals surface area contributed by atoms with Crippen LogP contribution in [-0.4, -0.2) is 41.3 Å². The van der Waals surface area contributed by atoms with Crippen molar-refractivity contribution in [2.45, 2.75) is 38.1 Å². The number of terminal acetylenes is 2. The maximum Gasteiger partial charge on any atom is 0.121 e. The zero-order valence-corrected chi connectivity index (χ0v) is 20.2. The number of aryl methyl sites for hydroxylation is 2. The minimum atomic E-state index is -0.420. The summed E-state index contributed by atoms with van der Waals surface area (Å²) in [5.41, 5.74) is 5.67. The van der Waals surface area contributed by atoms with Gasteiger partial charge in [0.1, 0.15) is 23.2 Å². The number of fused-ring (bicyclic) bond motifs is 6. The van der Waals surface area contributed by atoms with Gasteiger partial charge >= 0.3 is 0 Å². The number of hydrogen-bond acceptors (Lipinski definition) is 5. The van der Waals surface area contributed by atoms with Crippen molar-refractivity contribution in [2.75, 3.05) is 0 Å². The third-order valence-electron chi connectivity index (χ3n) is 6.67. The van der Waals surface area contributed by atoms with Gasteiger partial charge in [-0.05, 0) is 12.1 Å². The van der Waals surface area contributed by atoms with Crippen molar-refractivity contribution in [2.24, 2.45) is 0 Å². The first-order valence-corrected chi connectivity index (χ1v) is 12.2. The van der Waals surface area contributed by atoms with Crippen molar-refractivity contribution in [3.05, 3.63) is 73.6 Å². The molecule has 2 unspecified atom stereocenters. The molecule has 0 aliphatic heterocycles. The predicted octanol–water partition coefficient (Wildman–Crippen LogP) is 4.98. The average molecular weight is 485 g/mol. The molecule has 0 radical (unpaired) electrons. The van der Waals surface area contributed by atoms with Crippen LogP contribution in [0.3, 0.4) is 0 Å². The van der Waals surface area contributed by atoms with E-state index in [1.165, 1.54) is 0 Å². The fourth-order valence-corrected chi connectivity index (χ4v) is 4.84. The molecule has 2 aromatic carbocycles. The van der Waals surface area contributed by atoms with Gasteiger partial charge in [-0.15, -0.1) is 12.8 Å². The Morgan fingerprint density at radius 1 is 0.649 bits per heavy atom. The molecule has 2 atom stereocenters. The van der Waals surface area contributed by atoms with Gasteiger partial charge in [0.15, 0.2) is 0 Å². The topological polar surface area (TPSA) is 70.7 Å². The number of rotatable bonds is 8. The van der Waals surface area contributed by atoms with Crippen molar-refractivity contribution in [1.82, 2.24) is 29.1 Å². The van der Waals surface area contributed by atoms with Gasteiger partial charge in [0.2, 0.25) is 0 Å². The van der Waals surface area contributed by atoms with Crippen LogP contribution in [0.4, 0.5) is 0 Å². The van der Waals surface area contributed by atoms with Gasteiger partial charge in [-0.25, -0.2) is 9.97 Å². The van der Waals surface area contributed by atoms with E-state index in [9.17, 15) is 0 Å². The number of benzene rings is 2. The highest BCUT2D eigenvalue weighted by atomic mass is 16.5. The summed E-state index contributed by atoms with van der Waals surface area (Å²) in [6.45, 7) is 1.31. The fraction of sp³-hybridized carbons (Fsp3) is 0.200. The quantitative estimate of drug-likeness (QED) is 0.285. The second-order valence-corrected chi connectivity index (χ2v) is 8.92. The predicted molar refractivity (Wildman–Crippen MR) is 146 cm³/mol. The minimum Gasteiger partial charge on any atom is -0.349 e. The maximum atomic E-state index is 6.18. The van der Waals surface area contributed by atoms with Gasteiger partial charge in [-0.1, -0.05) is 48.2 Å². The van der Waals surface area contributed by atoms with Crippen LogP contribution in [0.2, 0.25) is 0 Å². The largest absolute Gasteiger partial charge is 0.349 e. The molecule has 0 saturated carbocycles. The Hall–Kier alpha value is -4.72. The number of ether oxygens (including phenoxy) is 1. The monoisotopic (exact) mass is 484 g/mol. The van der Waals surface area contributed by atoms with E-state index in [4.69, 9.17) is 17.6 Å². The van der Waals surface area contributed by atoms with Crippen LogP contribution >= 0.6 is 0 Å². The van der Waals surface area contributed by atoms with E-state index in [1.54, 1.807) is 12.4 Å². The summed E-state index contributed by atoms with van der Waals surface area (Å²) in [5.74, 6) is 5.54. The highest BCUT2D eigenvalue weighted by molar-refractivity contribution is 6.02. The van der Waals surface area contributed by atoms with E-state index in [2.05, 4.69) is 53.0 Å². The second kappa shape index (κ2) is 9.73. The highest BCUT2D eigenvalue weighted by Crippen LogP contribution is 2.25. The van der Waals surface area contributed by atoms with Crippen LogP contribution in [0.25, 0.3) is 43.9 Å². The number of hydrogen-bond donors (Lipinski definition) is 0. The van der Waals surface area contributed by atoms with Crippen LogP contribution < -0.4 is 0 Å². The normalized spacial score (nSPS) is 13.1. The lowest BCUT2D eigenvalue weighted by molar-refractivity contribution is 0.0391. The van der Waals surface area contributed by atoms with Crippen molar-refractivity contribution >= 4 is 43.9 Å². The Morgan fingerprint density at radius 3 is 1.57 bits per heavy atom. The molecule has 0 aliphatic rings. The van der Waals surface area contributed by atoms with E-state index >= 15 is 0 Å². The van der Waals surface area contributed by atoms with Gasteiger partial charge in [-0.3, -0.25) is 9.97 Å². The van der Waals surface area contributed by atoms with Crippen LogP contribution in [0.1, 0.15) is 12.8 Å². The molecular weight excluding hydrogens is 460 g/mol. The molecule has 4 aromatic heterocycles. The average Bonchev–Trinajstić information content (AvgIpc) is 3.57. The van der Waals surface area contributed by atoms with Crippen LogP contribution in [0, 0.1) is 24.7 Å². The molecule has 37 heavy (non-hydrogen) atoms. The summed E-state index contributed by atoms with van der Waals surface area (Å²) in [6.07, 6.45) is 19.3. The standard InChI is InChI=1S/C30H24N6O/c1-3-21(13-15-35-19-33-27-17-31-25-11-7-5-9-23(25)29(27)35)37-22(4-2)14-16-36-20-34-28-18-32-26-12-8-6-10-24(26)30(28)36/h1-2,5-12,17-22H,13-16H2. The SMILES string of the molecule is C#CC(CCn1cnc2cnc3ccccc3c21)OC(C#C)CCn1cnc2cnc3ccccc3c21. The van der Waals surface area contributed by atoms with Crippen LogP contribution in [0.15, 0.2) is 73.6 Å². The highest BCUT2D eigenvalue weighted by Gasteiger charge is 2.16. The molecule has 0 N–H and O–H groups in total. The zero-order valence-electron chi connectivity index (χ0n) is 20.2. The van der Waals surface area contributed by atoms with Gasteiger partial charge < -0.3 is 13.9 Å². The number of para-hydroxylation sites is 2. The second-order valence-electron chi connectivity index (χ2n) is 8.92. The summed E-state index contributed by atoms with van der Waals surface area (Å²) in [7, 11) is 0. The third-order valence-corrected chi connectivity index (χ3v) is 6.67. The molecule has 7 nitrogen and oxygen atoms in total. The van der Waals surface area contributed by atoms with Crippen LogP contribution in [0.5, 0.6) is 0 Å². The molecule has 4 heterocycles. The molecule has 7 heteroatoms. The molecule has 0 saturated heterocycles. The summed E-state index contributed by atoms with van der Waals surface area (Å²) in [6, 6.07) is 16.1. The van der Waals surface area contributed by atoms with Crippen molar-refractivity contribution in [1.29, 1.82) is 0 Å². The first-order chi connectivity index (χ1) is 18.2. The first-order valence-electron chi connectivity index (χ1n) is 12.2. The molecule has 180 valence electrons. The molecule has 6 rings (SSSR count). The van der Waals surface area contributed by atoms with E-state index in [1.807, 2.05) is 49.1 Å². The molecule has 0 fully saturated rings. The van der Waals surface area contributed by atoms with Gasteiger partial charge in [0, 0.05) is 36.7 Å². The smallest absolute Gasteiger partial charge is 0.121 e. The van der Waals surface area contributed by atoms with E-state index in [-0.39, 0.29) is 0 Å². The van der Waals surface area contributed by atoms with Crippen LogP contribution in [-0.2, 0) is 17.8 Å². The lowest BCUT2D eigenvalue weighted by Crippen LogP contribution is -2.22. The zero-order chi connectivity index (χ0) is 25.2. The fourth-order valence-electron chi connectivity index (χ4n) is 4.84. The van der Waals surface area contributed by atoms with E-state index in [0.29, 0.717) is 25.9 Å². The lowest BCUT2D eigenvalue weighted by Gasteiger charge is -2.19. The summed E-state index contributed by atoms with van der Waals surface area (Å²) in [4.78, 5) is 18.0. The molecular formula is C30H24N6O. The van der Waals surface area contributed by atoms with Crippen molar-refractivity contribution < 1.29 is 4.74 Å². The lowest BCUT2D eigenvalue weighted by atomic mass is 10.2.